The molecule has 3 N–H and O–H groups in total. The Morgan fingerprint density at radius 3 is 2.22 bits per heavy atom. The second kappa shape index (κ2) is 13.2. The van der Waals surface area contributed by atoms with E-state index in [0.717, 1.165) is 60.5 Å². The van der Waals surface area contributed by atoms with E-state index in [1.807, 2.05) is 24.3 Å². The highest BCUT2D eigenvalue weighted by molar-refractivity contribution is 6.23. The molecule has 4 amide bonds. The average Bonchev–Trinajstić information content (AvgIpc) is 3.37. The molecule has 1 spiro atoms. The molecule has 9 rings (SSSR count). The Labute approximate surface area is 318 Å². The quantitative estimate of drug-likeness (QED) is 0.188. The van der Waals surface area contributed by atoms with Crippen LogP contribution >= 0.6 is 0 Å². The fourth-order valence-electron chi connectivity index (χ4n) is 8.59. The minimum absolute atomic E-state index is 0.0369. The fraction of sp³-hybridized carbons (Fsp3) is 0.381. The van der Waals surface area contributed by atoms with Gasteiger partial charge < -0.3 is 24.8 Å². The first-order chi connectivity index (χ1) is 26.4. The Kier molecular flexibility index (Phi) is 8.37. The maximum absolute atomic E-state index is 13.2. The predicted molar refractivity (Wildman–Crippen MR) is 201 cm³/mol. The van der Waals surface area contributed by atoms with E-state index in [1.165, 1.54) is 0 Å². The molecule has 55 heavy (non-hydrogen) atoms. The number of nitrogens with zero attached hydrogens (tertiary/aromatic N) is 4. The number of rotatable bonds is 10. The van der Waals surface area contributed by atoms with Gasteiger partial charge in [-0.2, -0.15) is 4.98 Å². The van der Waals surface area contributed by atoms with Crippen molar-refractivity contribution in [2.75, 3.05) is 23.3 Å². The highest BCUT2D eigenvalue weighted by Crippen LogP contribution is 2.49. The molecule has 4 heterocycles. The Balaban J connectivity index is 0.761. The zero-order chi connectivity index (χ0) is 38.1. The van der Waals surface area contributed by atoms with Gasteiger partial charge in [-0.15, -0.1) is 0 Å². The van der Waals surface area contributed by atoms with Crippen LogP contribution in [0.4, 0.5) is 11.6 Å². The summed E-state index contributed by atoms with van der Waals surface area (Å²) in [6.07, 6.45) is 5.04. The van der Waals surface area contributed by atoms with Crippen LogP contribution in [0.1, 0.15) is 84.2 Å². The third kappa shape index (κ3) is 6.45. The lowest BCUT2D eigenvalue weighted by atomic mass is 9.62. The topological polar surface area (TPSA) is 163 Å². The number of aliphatic hydroxyl groups is 1. The molecule has 13 heteroatoms. The second-order valence-corrected chi connectivity index (χ2v) is 16.1. The van der Waals surface area contributed by atoms with Crippen molar-refractivity contribution >= 4 is 35.3 Å². The molecule has 4 aromatic rings. The summed E-state index contributed by atoms with van der Waals surface area (Å²) in [5.74, 6) is 0.571. The number of carbonyl (C=O) groups excluding carboxylic acids is 4. The van der Waals surface area contributed by atoms with E-state index < -0.39 is 29.7 Å². The number of aromatic nitrogens is 2. The lowest BCUT2D eigenvalue weighted by molar-refractivity contribution is -0.136. The van der Waals surface area contributed by atoms with Crippen molar-refractivity contribution in [2.24, 2.45) is 5.41 Å². The van der Waals surface area contributed by atoms with Crippen molar-refractivity contribution in [2.45, 2.75) is 82.1 Å². The van der Waals surface area contributed by atoms with E-state index in [4.69, 9.17) is 9.47 Å². The van der Waals surface area contributed by atoms with E-state index in [2.05, 4.69) is 63.6 Å². The molecular formula is C42H42N6O7. The maximum atomic E-state index is 13.2. The Morgan fingerprint density at radius 2 is 1.55 bits per heavy atom. The number of hydrogen-bond acceptors (Lipinski definition) is 11. The predicted octanol–water partition coefficient (Wildman–Crippen LogP) is 4.98. The zero-order valence-electron chi connectivity index (χ0n) is 30.7. The van der Waals surface area contributed by atoms with Gasteiger partial charge in [0.25, 0.3) is 11.8 Å². The van der Waals surface area contributed by atoms with Crippen LogP contribution < -0.4 is 25.0 Å². The van der Waals surface area contributed by atoms with Crippen LogP contribution in [-0.4, -0.2) is 81.0 Å². The van der Waals surface area contributed by atoms with Crippen LogP contribution in [0.25, 0.3) is 0 Å². The Morgan fingerprint density at radius 1 is 0.873 bits per heavy atom. The molecule has 282 valence electrons. The van der Waals surface area contributed by atoms with Gasteiger partial charge in [-0.1, -0.05) is 38.1 Å². The summed E-state index contributed by atoms with van der Waals surface area (Å²) in [5, 5.41) is 15.4. The molecule has 2 saturated carbocycles. The van der Waals surface area contributed by atoms with E-state index in [1.54, 1.807) is 30.5 Å². The van der Waals surface area contributed by atoms with Gasteiger partial charge in [-0.05, 0) is 72.9 Å². The van der Waals surface area contributed by atoms with E-state index in [0.29, 0.717) is 23.3 Å². The molecule has 2 saturated heterocycles. The molecule has 3 aliphatic heterocycles. The summed E-state index contributed by atoms with van der Waals surface area (Å²) in [6.45, 7) is 6.11. The van der Waals surface area contributed by atoms with Gasteiger partial charge >= 0.3 is 0 Å². The molecule has 0 radical (unpaired) electrons. The molecule has 13 nitrogen and oxygen atoms in total. The summed E-state index contributed by atoms with van der Waals surface area (Å²) < 4.78 is 12.4. The smallest absolute Gasteiger partial charge is 0.262 e. The van der Waals surface area contributed by atoms with Gasteiger partial charge in [0, 0.05) is 67.2 Å². The highest BCUT2D eigenvalue weighted by atomic mass is 16.5. The summed E-state index contributed by atoms with van der Waals surface area (Å²) >= 11 is 0. The van der Waals surface area contributed by atoms with Gasteiger partial charge in [-0.25, -0.2) is 4.98 Å². The van der Waals surface area contributed by atoms with Gasteiger partial charge in [-0.3, -0.25) is 29.4 Å². The molecular weight excluding hydrogens is 700 g/mol. The van der Waals surface area contributed by atoms with Crippen LogP contribution in [0.3, 0.4) is 0 Å². The van der Waals surface area contributed by atoms with Crippen LogP contribution in [0, 0.1) is 5.41 Å². The van der Waals surface area contributed by atoms with Gasteiger partial charge in [0.1, 0.15) is 23.6 Å². The number of aliphatic hydroxyl groups excluding tert-OH is 1. The molecule has 1 aromatic heterocycles. The van der Waals surface area contributed by atoms with Crippen LogP contribution in [0.5, 0.6) is 17.4 Å². The molecule has 3 aromatic carbocycles. The van der Waals surface area contributed by atoms with Crippen LogP contribution in [0.15, 0.2) is 79.0 Å². The number of imide groups is 2. The molecule has 1 unspecified atom stereocenters. The Bertz CT molecular complexity index is 2190. The standard InChI is InChI=1S/C42H42N6O7/c1-41(2,25-5-10-30(11-6-25)55-36-15-16-43-40(46-36)47-22-42(23-47)20-28(49)21-42)24-3-8-29(9-4-24)54-31-17-27(18-31)44-26-7-12-32-33(19-26)39(53)48(38(32)52)34-13-14-35(50)45-37(34)51/h3-12,15-16,19,27-28,31,34,44,49H,13-14,17-18,20-23H2,1-2H3,(H,45,50,51). The third-order valence-electron chi connectivity index (χ3n) is 11.9. The van der Waals surface area contributed by atoms with Crippen molar-refractivity contribution in [1.29, 1.82) is 0 Å². The number of piperidine rings is 1. The number of hydrogen-bond donors (Lipinski definition) is 3. The summed E-state index contributed by atoms with van der Waals surface area (Å²) in [5.41, 5.74) is 3.47. The minimum atomic E-state index is -0.989. The first-order valence-corrected chi connectivity index (χ1v) is 18.9. The van der Waals surface area contributed by atoms with Crippen LogP contribution in [0.2, 0.25) is 0 Å². The molecule has 1 atom stereocenters. The minimum Gasteiger partial charge on any atom is -0.490 e. The van der Waals surface area contributed by atoms with Gasteiger partial charge in [0.05, 0.1) is 17.2 Å². The zero-order valence-corrected chi connectivity index (χ0v) is 30.7. The molecule has 2 aliphatic carbocycles. The normalized spacial score (nSPS) is 23.1. The second-order valence-electron chi connectivity index (χ2n) is 16.1. The van der Waals surface area contributed by atoms with E-state index in [-0.39, 0.29) is 53.0 Å². The lowest BCUT2D eigenvalue weighted by Gasteiger charge is -2.57. The number of anilines is 2. The number of amides is 4. The van der Waals surface area contributed by atoms with Crippen LogP contribution in [-0.2, 0) is 15.0 Å². The van der Waals surface area contributed by atoms with Crippen molar-refractivity contribution in [3.63, 3.8) is 0 Å². The Hall–Kier alpha value is -5.82. The first-order valence-electron chi connectivity index (χ1n) is 18.9. The van der Waals surface area contributed by atoms with Crippen molar-refractivity contribution in [3.05, 3.63) is 101 Å². The molecule has 0 bridgehead atoms. The SMILES string of the molecule is CC(C)(c1ccc(Oc2ccnc(N3CC4(CC(O)C4)C3)n2)cc1)c1ccc(OC2CC(Nc3ccc4c(c3)C(=O)N(C3CCC(=O)NC3=O)C4=O)C2)cc1. The van der Waals surface area contributed by atoms with E-state index in [9.17, 15) is 24.3 Å². The van der Waals surface area contributed by atoms with Crippen molar-refractivity contribution in [1.82, 2.24) is 20.2 Å². The monoisotopic (exact) mass is 742 g/mol. The number of carbonyl (C=O) groups is 4. The lowest BCUT2D eigenvalue weighted by Crippen LogP contribution is -2.64. The number of benzene rings is 3. The number of ether oxygens (including phenoxy) is 2. The number of fused-ring (bicyclic) bond motifs is 1. The van der Waals surface area contributed by atoms with Gasteiger partial charge in [0.2, 0.25) is 23.6 Å². The van der Waals surface area contributed by atoms with E-state index >= 15 is 0 Å². The average molecular weight is 743 g/mol. The highest BCUT2D eigenvalue weighted by Gasteiger charge is 2.52. The number of nitrogens with one attached hydrogen (secondary N) is 2. The summed E-state index contributed by atoms with van der Waals surface area (Å²) in [6, 6.07) is 22.2. The fourth-order valence-corrected chi connectivity index (χ4v) is 8.59. The maximum Gasteiger partial charge on any atom is 0.262 e. The molecule has 5 aliphatic rings. The van der Waals surface area contributed by atoms with Crippen molar-refractivity contribution in [3.8, 4) is 17.4 Å². The third-order valence-corrected chi connectivity index (χ3v) is 11.9. The van der Waals surface area contributed by atoms with Crippen molar-refractivity contribution < 1.29 is 33.8 Å². The summed E-state index contributed by atoms with van der Waals surface area (Å²) in [7, 11) is 0. The largest absolute Gasteiger partial charge is 0.490 e. The summed E-state index contributed by atoms with van der Waals surface area (Å²) in [4.78, 5) is 62.3. The molecule has 4 fully saturated rings. The first kappa shape index (κ1) is 34.9. The van der Waals surface area contributed by atoms with Gasteiger partial charge in [0.15, 0.2) is 0 Å².